The number of amides is 1. The van der Waals surface area contributed by atoms with E-state index in [0.29, 0.717) is 30.8 Å². The fourth-order valence-electron chi connectivity index (χ4n) is 4.56. The summed E-state index contributed by atoms with van der Waals surface area (Å²) >= 11 is 0. The first kappa shape index (κ1) is 24.1. The van der Waals surface area contributed by atoms with Crippen molar-refractivity contribution < 1.29 is 18.4 Å². The summed E-state index contributed by atoms with van der Waals surface area (Å²) in [5.74, 6) is -3.42. The molecule has 0 bridgehead atoms. The van der Waals surface area contributed by atoms with E-state index in [1.165, 1.54) is 6.20 Å². The Kier molecular flexibility index (Phi) is 7.46. The summed E-state index contributed by atoms with van der Waals surface area (Å²) in [6.07, 6.45) is 4.00. The molecule has 180 valence electrons. The molecule has 2 aliphatic rings. The van der Waals surface area contributed by atoms with E-state index in [2.05, 4.69) is 15.3 Å². The summed E-state index contributed by atoms with van der Waals surface area (Å²) in [6.45, 7) is 2.56. The lowest BCUT2D eigenvalue weighted by molar-refractivity contribution is -0.119. The van der Waals surface area contributed by atoms with Gasteiger partial charge in [-0.25, -0.2) is 8.78 Å². The average Bonchev–Trinajstić information content (AvgIpc) is 3.47. The maximum atomic E-state index is 14.3. The maximum absolute atomic E-state index is 14.3. The Hall–Kier alpha value is -3.00. The molecule has 0 unspecified atom stereocenters. The van der Waals surface area contributed by atoms with Gasteiger partial charge in [0.2, 0.25) is 0 Å². The molecule has 0 radical (unpaired) electrons. The lowest BCUT2D eigenvalue weighted by Gasteiger charge is -2.23. The highest BCUT2D eigenvalue weighted by molar-refractivity contribution is 6.46. The number of rotatable bonds is 10. The van der Waals surface area contributed by atoms with E-state index < -0.39 is 18.4 Å². The van der Waals surface area contributed by atoms with Crippen LogP contribution in [0.15, 0.2) is 47.6 Å². The van der Waals surface area contributed by atoms with Gasteiger partial charge in [-0.05, 0) is 49.0 Å². The molecule has 1 aromatic heterocycles. The molecule has 1 aromatic carbocycles. The first-order valence-electron chi connectivity index (χ1n) is 11.8. The number of benzene rings is 1. The maximum Gasteiger partial charge on any atom is 0.277 e. The first-order chi connectivity index (χ1) is 16.3. The summed E-state index contributed by atoms with van der Waals surface area (Å²) in [7, 11) is 0. The standard InChI is InChI=1S/C26H30F2N4O2/c1-18(19-7-3-2-4-8-19)11-22(33)13-21-12-20-14-30-24(23(20)15-29-21)25(34)31-16-26(27,28)17-32-9-5-6-10-32/h2-4,7-8,12,15,18H,5-6,9-11,13-14,16-17H2,1H3,(H,31,34)/t18-/m0/s1. The predicted octanol–water partition coefficient (Wildman–Crippen LogP) is 3.54. The first-order valence-corrected chi connectivity index (χ1v) is 11.8. The quantitative estimate of drug-likeness (QED) is 0.579. The monoisotopic (exact) mass is 468 g/mol. The second-order valence-corrected chi connectivity index (χ2v) is 9.25. The van der Waals surface area contributed by atoms with Crippen molar-refractivity contribution in [2.75, 3.05) is 26.2 Å². The predicted molar refractivity (Wildman–Crippen MR) is 126 cm³/mol. The van der Waals surface area contributed by atoms with Gasteiger partial charge in [0, 0.05) is 30.3 Å². The van der Waals surface area contributed by atoms with E-state index in [0.717, 1.165) is 24.0 Å². The van der Waals surface area contributed by atoms with Crippen molar-refractivity contribution in [2.45, 2.75) is 51.0 Å². The van der Waals surface area contributed by atoms with Gasteiger partial charge in [0.15, 0.2) is 0 Å². The van der Waals surface area contributed by atoms with Crippen LogP contribution in [0, 0.1) is 0 Å². The fraction of sp³-hybridized carbons (Fsp3) is 0.462. The molecule has 1 fully saturated rings. The van der Waals surface area contributed by atoms with Crippen molar-refractivity contribution in [2.24, 2.45) is 4.99 Å². The number of carbonyl (C=O) groups excluding carboxylic acids is 2. The van der Waals surface area contributed by atoms with Crippen LogP contribution in [0.3, 0.4) is 0 Å². The lowest BCUT2D eigenvalue weighted by atomic mass is 9.94. The van der Waals surface area contributed by atoms with Crippen molar-refractivity contribution in [3.8, 4) is 0 Å². The number of aromatic nitrogens is 1. The van der Waals surface area contributed by atoms with Gasteiger partial charge in [0.25, 0.3) is 11.8 Å². The Morgan fingerprint density at radius 2 is 1.91 bits per heavy atom. The van der Waals surface area contributed by atoms with Crippen LogP contribution < -0.4 is 5.32 Å². The molecular weight excluding hydrogens is 438 g/mol. The third-order valence-corrected chi connectivity index (χ3v) is 6.37. The fourth-order valence-corrected chi connectivity index (χ4v) is 4.56. The van der Waals surface area contributed by atoms with Crippen LogP contribution >= 0.6 is 0 Å². The number of nitrogens with zero attached hydrogens (tertiary/aromatic N) is 3. The highest BCUT2D eigenvalue weighted by Gasteiger charge is 2.34. The second-order valence-electron chi connectivity index (χ2n) is 9.25. The minimum absolute atomic E-state index is 0.0842. The summed E-state index contributed by atoms with van der Waals surface area (Å²) in [5, 5.41) is 2.34. The Morgan fingerprint density at radius 3 is 2.65 bits per heavy atom. The van der Waals surface area contributed by atoms with Gasteiger partial charge in [-0.3, -0.25) is 24.5 Å². The van der Waals surface area contributed by atoms with Gasteiger partial charge < -0.3 is 5.32 Å². The molecule has 0 saturated carbocycles. The molecule has 1 atom stereocenters. The number of hydrogen-bond donors (Lipinski definition) is 1. The minimum atomic E-state index is -3.00. The van der Waals surface area contributed by atoms with E-state index in [-0.39, 0.29) is 36.9 Å². The van der Waals surface area contributed by atoms with Gasteiger partial charge >= 0.3 is 0 Å². The molecule has 4 rings (SSSR count). The Labute approximate surface area is 198 Å². The van der Waals surface area contributed by atoms with E-state index in [1.54, 1.807) is 11.0 Å². The molecule has 0 spiro atoms. The normalized spacial score (nSPS) is 16.7. The van der Waals surface area contributed by atoms with Crippen LogP contribution in [0.5, 0.6) is 0 Å². The van der Waals surface area contributed by atoms with Crippen molar-refractivity contribution in [3.05, 3.63) is 65.0 Å². The van der Waals surface area contributed by atoms with Crippen LogP contribution in [0.25, 0.3) is 0 Å². The zero-order valence-electron chi connectivity index (χ0n) is 19.4. The number of halogens is 2. The molecule has 1 amide bonds. The summed E-state index contributed by atoms with van der Waals surface area (Å²) in [5.41, 5.74) is 3.18. The summed E-state index contributed by atoms with van der Waals surface area (Å²) in [4.78, 5) is 35.4. The molecule has 1 N–H and O–H groups in total. The topological polar surface area (TPSA) is 74.7 Å². The molecular formula is C26H30F2N4O2. The molecule has 0 aliphatic carbocycles. The number of carbonyl (C=O) groups is 2. The molecule has 34 heavy (non-hydrogen) atoms. The third-order valence-electron chi connectivity index (χ3n) is 6.37. The Balaban J connectivity index is 1.30. The number of ketones is 1. The van der Waals surface area contributed by atoms with Gasteiger partial charge in [0.05, 0.1) is 19.6 Å². The minimum Gasteiger partial charge on any atom is -0.345 e. The number of likely N-dealkylation sites (tertiary alicyclic amines) is 1. The lowest BCUT2D eigenvalue weighted by Crippen LogP contribution is -2.45. The van der Waals surface area contributed by atoms with E-state index in [1.807, 2.05) is 37.3 Å². The molecule has 6 nitrogen and oxygen atoms in total. The van der Waals surface area contributed by atoms with Gasteiger partial charge in [-0.2, -0.15) is 0 Å². The third kappa shape index (κ3) is 6.11. The van der Waals surface area contributed by atoms with Gasteiger partial charge in [-0.15, -0.1) is 0 Å². The summed E-state index contributed by atoms with van der Waals surface area (Å²) < 4.78 is 28.5. The van der Waals surface area contributed by atoms with Crippen LogP contribution in [0.1, 0.15) is 54.5 Å². The Bertz CT molecular complexity index is 1070. The molecule has 1 saturated heterocycles. The molecule has 8 heteroatoms. The van der Waals surface area contributed by atoms with Crippen molar-refractivity contribution >= 4 is 17.4 Å². The highest BCUT2D eigenvalue weighted by Crippen LogP contribution is 2.23. The largest absolute Gasteiger partial charge is 0.345 e. The second kappa shape index (κ2) is 10.5. The smallest absolute Gasteiger partial charge is 0.277 e. The average molecular weight is 469 g/mol. The Morgan fingerprint density at radius 1 is 1.18 bits per heavy atom. The van der Waals surface area contributed by atoms with Crippen LogP contribution in [-0.2, 0) is 22.6 Å². The molecule has 2 aliphatic heterocycles. The van der Waals surface area contributed by atoms with E-state index in [9.17, 15) is 18.4 Å². The van der Waals surface area contributed by atoms with Crippen molar-refractivity contribution in [1.29, 1.82) is 0 Å². The van der Waals surface area contributed by atoms with Crippen LogP contribution in [-0.4, -0.2) is 59.4 Å². The molecule has 2 aromatic rings. The number of pyridine rings is 1. The SMILES string of the molecule is C[C@@H](CC(=O)Cc1cc2c(cn1)C(C(=O)NCC(F)(F)CN1CCCC1)=NC2)c1ccccc1. The number of aliphatic imine (C=N–C) groups is 1. The number of fused-ring (bicyclic) bond motifs is 1. The van der Waals surface area contributed by atoms with Gasteiger partial charge in [0.1, 0.15) is 11.5 Å². The highest BCUT2D eigenvalue weighted by atomic mass is 19.3. The van der Waals surface area contributed by atoms with Crippen molar-refractivity contribution in [1.82, 2.24) is 15.2 Å². The number of Topliss-reactive ketones (excluding diaryl/α,β-unsaturated/α-hetero) is 1. The summed E-state index contributed by atoms with van der Waals surface area (Å²) in [6, 6.07) is 11.7. The number of alkyl halides is 2. The van der Waals surface area contributed by atoms with Crippen LogP contribution in [0.2, 0.25) is 0 Å². The van der Waals surface area contributed by atoms with Gasteiger partial charge in [-0.1, -0.05) is 37.3 Å². The number of nitrogens with one attached hydrogen (secondary N) is 1. The zero-order chi connectivity index (χ0) is 24.1. The van der Waals surface area contributed by atoms with Crippen molar-refractivity contribution in [3.63, 3.8) is 0 Å². The zero-order valence-corrected chi connectivity index (χ0v) is 19.4. The number of hydrogen-bond acceptors (Lipinski definition) is 5. The molecule has 3 heterocycles. The van der Waals surface area contributed by atoms with E-state index in [4.69, 9.17) is 0 Å². The van der Waals surface area contributed by atoms with Crippen LogP contribution in [0.4, 0.5) is 8.78 Å². The van der Waals surface area contributed by atoms with E-state index >= 15 is 0 Å².